The van der Waals surface area contributed by atoms with Crippen LogP contribution in [0.3, 0.4) is 0 Å². The third kappa shape index (κ3) is 10.1. The number of hydrogen-bond donors (Lipinski definition) is 7. The fourth-order valence-electron chi connectivity index (χ4n) is 2.03. The van der Waals surface area contributed by atoms with Crippen molar-refractivity contribution in [3.05, 3.63) is 0 Å². The Bertz CT molecular complexity index is 464. The van der Waals surface area contributed by atoms with Crippen LogP contribution in [0.15, 0.2) is 0 Å². The number of aliphatic carboxylic acids is 3. The van der Waals surface area contributed by atoms with Gasteiger partial charge in [0, 0.05) is 0 Å². The highest BCUT2D eigenvalue weighted by atomic mass is 17.2. The highest BCUT2D eigenvalue weighted by molar-refractivity contribution is 5.74. The van der Waals surface area contributed by atoms with Gasteiger partial charge in [0.1, 0.15) is 30.5 Å². The minimum atomic E-state index is -2.28. The summed E-state index contributed by atoms with van der Waals surface area (Å²) >= 11 is 0. The van der Waals surface area contributed by atoms with Crippen molar-refractivity contribution in [3.8, 4) is 0 Å². The van der Waals surface area contributed by atoms with E-state index in [4.69, 9.17) is 35.2 Å². The van der Waals surface area contributed by atoms with Crippen molar-refractivity contribution in [1.29, 1.82) is 0 Å². The highest BCUT2D eigenvalue weighted by Gasteiger charge is 2.47. The average Bonchev–Trinajstić information content (AvgIpc) is 2.56. The quantitative estimate of drug-likeness (QED) is 0.103. The molecule has 0 aromatic carbocycles. The van der Waals surface area contributed by atoms with E-state index in [1.165, 1.54) is 0 Å². The van der Waals surface area contributed by atoms with Gasteiger partial charge in [-0.25, -0.2) is 9.78 Å². The number of aliphatic hydroxyl groups is 4. The number of carbonyl (C=O) groups is 3. The van der Waals surface area contributed by atoms with Gasteiger partial charge in [-0.3, -0.25) is 14.4 Å². The highest BCUT2D eigenvalue weighted by Crippen LogP contribution is 2.31. The molecule has 0 spiro atoms. The molecule has 0 aromatic rings. The Hall–Kier alpha value is -1.87. The zero-order valence-electron chi connectivity index (χ0n) is 14.3. The third-order valence-corrected chi connectivity index (χ3v) is 3.28. The largest absolute Gasteiger partial charge is 0.481 e. The van der Waals surface area contributed by atoms with E-state index in [9.17, 15) is 24.6 Å². The van der Waals surface area contributed by atoms with E-state index in [0.29, 0.717) is 0 Å². The maximum absolute atomic E-state index is 11.2. The molecule has 3 unspecified atom stereocenters. The van der Waals surface area contributed by atoms with Crippen molar-refractivity contribution in [2.45, 2.75) is 43.2 Å². The summed E-state index contributed by atoms with van der Waals surface area (Å²) in [5.74, 6) is -4.61. The molecule has 0 amide bonds. The first-order chi connectivity index (χ1) is 12.6. The number of carboxylic acid groups (broad SMARTS) is 3. The Balaban J connectivity index is 5.68. The molecular weight excluding hydrogens is 376 g/mol. The average molecular weight is 400 g/mol. The molecule has 0 heterocycles. The summed E-state index contributed by atoms with van der Waals surface area (Å²) in [5, 5.41) is 63.4. The predicted molar refractivity (Wildman–Crippen MR) is 82.5 cm³/mol. The van der Waals surface area contributed by atoms with Crippen LogP contribution in [0.4, 0.5) is 0 Å². The van der Waals surface area contributed by atoms with Gasteiger partial charge in [0.05, 0.1) is 39.1 Å². The molecule has 7 N–H and O–H groups in total. The summed E-state index contributed by atoms with van der Waals surface area (Å²) in [6.45, 7) is -2.82. The molecule has 0 aliphatic rings. The molecule has 158 valence electrons. The molecule has 13 heteroatoms. The molecule has 0 aliphatic carbocycles. The molecule has 0 aromatic heterocycles. The first-order valence-electron chi connectivity index (χ1n) is 7.71. The van der Waals surface area contributed by atoms with Crippen molar-refractivity contribution in [3.63, 3.8) is 0 Å². The van der Waals surface area contributed by atoms with Crippen molar-refractivity contribution >= 4 is 17.9 Å². The SMILES string of the molecule is O=C(O)CC(OOCC(O)CO)C(CC(=O)O)(CC(=O)O)OCC(O)CO. The maximum atomic E-state index is 11.2. The predicted octanol–water partition coefficient (Wildman–Crippen LogP) is -2.81. The van der Waals surface area contributed by atoms with Crippen LogP contribution < -0.4 is 0 Å². The van der Waals surface area contributed by atoms with Crippen molar-refractivity contribution in [2.24, 2.45) is 0 Å². The normalized spacial score (nSPS) is 15.1. The number of hydrogen-bond acceptors (Lipinski definition) is 10. The van der Waals surface area contributed by atoms with Gasteiger partial charge >= 0.3 is 17.9 Å². The zero-order chi connectivity index (χ0) is 21.0. The minimum absolute atomic E-state index is 0.623. The Kier molecular flexibility index (Phi) is 11.6. The van der Waals surface area contributed by atoms with Crippen molar-refractivity contribution < 1.29 is 64.6 Å². The van der Waals surface area contributed by atoms with Crippen LogP contribution >= 0.6 is 0 Å². The summed E-state index contributed by atoms with van der Waals surface area (Å²) < 4.78 is 5.20. The Morgan fingerprint density at radius 3 is 1.70 bits per heavy atom. The summed E-state index contributed by atoms with van der Waals surface area (Å²) in [7, 11) is 0. The van der Waals surface area contributed by atoms with E-state index in [2.05, 4.69) is 4.89 Å². The maximum Gasteiger partial charge on any atom is 0.306 e. The van der Waals surface area contributed by atoms with Crippen LogP contribution in [0, 0.1) is 0 Å². The van der Waals surface area contributed by atoms with Gasteiger partial charge in [0.2, 0.25) is 0 Å². The van der Waals surface area contributed by atoms with E-state index in [0.717, 1.165) is 0 Å². The number of rotatable bonds is 16. The molecule has 0 bridgehead atoms. The first kappa shape index (κ1) is 25.1. The van der Waals surface area contributed by atoms with E-state index < -0.39 is 87.5 Å². The van der Waals surface area contributed by atoms with Crippen LogP contribution in [-0.2, 0) is 28.9 Å². The molecule has 0 aliphatic heterocycles. The molecule has 27 heavy (non-hydrogen) atoms. The second-order valence-electron chi connectivity index (χ2n) is 5.66. The van der Waals surface area contributed by atoms with Crippen LogP contribution in [0.1, 0.15) is 19.3 Å². The van der Waals surface area contributed by atoms with Crippen LogP contribution in [0.25, 0.3) is 0 Å². The van der Waals surface area contributed by atoms with Gasteiger partial charge < -0.3 is 40.5 Å². The van der Waals surface area contributed by atoms with Gasteiger partial charge in [-0.05, 0) is 0 Å². The summed E-state index contributed by atoms with van der Waals surface area (Å²) in [5.41, 5.74) is -2.28. The molecule has 13 nitrogen and oxygen atoms in total. The molecule has 0 saturated heterocycles. The van der Waals surface area contributed by atoms with Gasteiger partial charge in [0.25, 0.3) is 0 Å². The van der Waals surface area contributed by atoms with E-state index >= 15 is 0 Å². The third-order valence-electron chi connectivity index (χ3n) is 3.28. The first-order valence-corrected chi connectivity index (χ1v) is 7.71. The van der Waals surface area contributed by atoms with E-state index in [-0.39, 0.29) is 0 Å². The summed E-state index contributed by atoms with van der Waals surface area (Å²) in [4.78, 5) is 43.0. The van der Waals surface area contributed by atoms with E-state index in [1.807, 2.05) is 0 Å². The lowest BCUT2D eigenvalue weighted by atomic mass is 9.86. The second-order valence-corrected chi connectivity index (χ2v) is 5.66. The Morgan fingerprint density at radius 2 is 1.30 bits per heavy atom. The van der Waals surface area contributed by atoms with Gasteiger partial charge in [0.15, 0.2) is 0 Å². The molecular formula is C14H24O13. The lowest BCUT2D eigenvalue weighted by molar-refractivity contribution is -0.364. The smallest absolute Gasteiger partial charge is 0.306 e. The minimum Gasteiger partial charge on any atom is -0.481 e. The Labute approximate surface area is 153 Å². The lowest BCUT2D eigenvalue weighted by Crippen LogP contribution is -2.52. The van der Waals surface area contributed by atoms with Gasteiger partial charge in [-0.2, -0.15) is 0 Å². The fourth-order valence-corrected chi connectivity index (χ4v) is 2.03. The molecule has 3 atom stereocenters. The van der Waals surface area contributed by atoms with Crippen molar-refractivity contribution in [1.82, 2.24) is 0 Å². The van der Waals surface area contributed by atoms with Crippen LogP contribution in [-0.4, -0.2) is 104 Å². The van der Waals surface area contributed by atoms with Crippen LogP contribution in [0.5, 0.6) is 0 Å². The van der Waals surface area contributed by atoms with E-state index in [1.54, 1.807) is 0 Å². The van der Waals surface area contributed by atoms with Crippen LogP contribution in [0.2, 0.25) is 0 Å². The number of carboxylic acids is 3. The molecule has 0 saturated carbocycles. The number of ether oxygens (including phenoxy) is 1. The summed E-state index contributed by atoms with van der Waals surface area (Å²) in [6, 6.07) is 0. The van der Waals surface area contributed by atoms with Crippen molar-refractivity contribution in [2.75, 3.05) is 26.4 Å². The molecule has 0 radical (unpaired) electrons. The zero-order valence-corrected chi connectivity index (χ0v) is 14.3. The van der Waals surface area contributed by atoms with Gasteiger partial charge in [-0.15, -0.1) is 0 Å². The number of aliphatic hydroxyl groups excluding tert-OH is 4. The Morgan fingerprint density at radius 1 is 0.815 bits per heavy atom. The monoisotopic (exact) mass is 400 g/mol. The molecule has 0 fully saturated rings. The topological polar surface area (TPSA) is 221 Å². The standard InChI is InChI=1S/C14H24O13/c15-4-8(17)6-25-14(2-12(21)22,3-13(23)24)10(1-11(19)20)27-26-7-9(18)5-16/h8-10,15-18H,1-7H2,(H,19,20)(H,21,22)(H,23,24). The summed E-state index contributed by atoms with van der Waals surface area (Å²) in [6.07, 6.45) is -7.65. The fraction of sp³-hybridized carbons (Fsp3) is 0.786. The second kappa shape index (κ2) is 12.5. The lowest BCUT2D eigenvalue weighted by Gasteiger charge is -2.37. The molecule has 0 rings (SSSR count). The van der Waals surface area contributed by atoms with Gasteiger partial charge in [-0.1, -0.05) is 0 Å².